The number of carbonyl (C=O) groups is 1. The van der Waals surface area contributed by atoms with Gasteiger partial charge >= 0.3 is 0 Å². The maximum atomic E-state index is 13.1. The maximum absolute atomic E-state index is 13.1. The minimum atomic E-state index is -1.52. The highest BCUT2D eigenvalue weighted by Crippen LogP contribution is 2.35. The van der Waals surface area contributed by atoms with Crippen LogP contribution in [0.3, 0.4) is 0 Å². The topological polar surface area (TPSA) is 29.1 Å². The molecule has 3 heteroatoms. The standard InChI is InChI=1S/C7H12FNO.2C2H6/c1-2-9-6(10)7(8)4-3-5-7;2*1-2/h2-5H2,1H3,(H,9,10);2*1-2H3. The van der Waals surface area contributed by atoms with Gasteiger partial charge in [0.25, 0.3) is 5.91 Å². The van der Waals surface area contributed by atoms with Gasteiger partial charge in [0.05, 0.1) is 0 Å². The van der Waals surface area contributed by atoms with Crippen LogP contribution >= 0.6 is 0 Å². The van der Waals surface area contributed by atoms with Gasteiger partial charge in [0, 0.05) is 6.54 Å². The second-order valence-electron chi connectivity index (χ2n) is 2.68. The number of nitrogens with one attached hydrogen (secondary N) is 1. The molecule has 1 amide bonds. The van der Waals surface area contributed by atoms with Crippen molar-refractivity contribution in [2.24, 2.45) is 0 Å². The number of alkyl halides is 1. The molecule has 1 N–H and O–H groups in total. The molecule has 0 saturated heterocycles. The van der Waals surface area contributed by atoms with E-state index >= 15 is 0 Å². The number of hydrogen-bond donors (Lipinski definition) is 1. The summed E-state index contributed by atoms with van der Waals surface area (Å²) in [6.07, 6.45) is 1.64. The van der Waals surface area contributed by atoms with E-state index < -0.39 is 11.6 Å². The zero-order valence-corrected chi connectivity index (χ0v) is 10.1. The SMILES string of the molecule is CC.CC.CCNC(=O)C1(F)CCC1. The van der Waals surface area contributed by atoms with Gasteiger partial charge < -0.3 is 5.32 Å². The molecule has 0 radical (unpaired) electrons. The minimum Gasteiger partial charge on any atom is -0.354 e. The van der Waals surface area contributed by atoms with E-state index in [1.54, 1.807) is 6.92 Å². The smallest absolute Gasteiger partial charge is 0.257 e. The molecule has 86 valence electrons. The monoisotopic (exact) mass is 205 g/mol. The first-order valence-corrected chi connectivity index (χ1v) is 5.66. The van der Waals surface area contributed by atoms with Gasteiger partial charge in [-0.05, 0) is 26.2 Å². The molecule has 1 aliphatic rings. The highest BCUT2D eigenvalue weighted by Gasteiger charge is 2.44. The van der Waals surface area contributed by atoms with Crippen molar-refractivity contribution in [3.8, 4) is 0 Å². The Bertz CT molecular complexity index is 144. The molecule has 0 aliphatic heterocycles. The Balaban J connectivity index is 0. The van der Waals surface area contributed by atoms with Crippen LogP contribution in [0.4, 0.5) is 4.39 Å². The van der Waals surface area contributed by atoms with Crippen LogP contribution in [0, 0.1) is 0 Å². The van der Waals surface area contributed by atoms with Crippen LogP contribution < -0.4 is 5.32 Å². The van der Waals surface area contributed by atoms with Gasteiger partial charge in [0.15, 0.2) is 5.67 Å². The predicted molar refractivity (Wildman–Crippen MR) is 59.1 cm³/mol. The van der Waals surface area contributed by atoms with Crippen molar-refractivity contribution in [1.29, 1.82) is 0 Å². The normalized spacial score (nSPS) is 16.1. The lowest BCUT2D eigenvalue weighted by Gasteiger charge is -2.31. The summed E-state index contributed by atoms with van der Waals surface area (Å²) in [7, 11) is 0. The Morgan fingerprint density at radius 2 is 1.71 bits per heavy atom. The van der Waals surface area contributed by atoms with Crippen molar-refractivity contribution >= 4 is 5.91 Å². The number of rotatable bonds is 2. The zero-order chi connectivity index (χ0) is 11.6. The summed E-state index contributed by atoms with van der Waals surface area (Å²) in [5, 5.41) is 2.47. The van der Waals surface area contributed by atoms with Crippen molar-refractivity contribution in [3.05, 3.63) is 0 Å². The molecule has 0 atom stereocenters. The van der Waals surface area contributed by atoms with Crippen LogP contribution in [0.1, 0.15) is 53.9 Å². The summed E-state index contributed by atoms with van der Waals surface area (Å²) in [4.78, 5) is 10.9. The third kappa shape index (κ3) is 4.58. The summed E-state index contributed by atoms with van der Waals surface area (Å²) < 4.78 is 13.1. The summed E-state index contributed by atoms with van der Waals surface area (Å²) in [6, 6.07) is 0. The molecule has 2 nitrogen and oxygen atoms in total. The van der Waals surface area contributed by atoms with E-state index in [2.05, 4.69) is 5.32 Å². The Hall–Kier alpha value is -0.600. The molecule has 0 aromatic carbocycles. The molecule has 0 spiro atoms. The van der Waals surface area contributed by atoms with Gasteiger partial charge in [-0.3, -0.25) is 4.79 Å². The summed E-state index contributed by atoms with van der Waals surface area (Å²) in [6.45, 7) is 10.3. The fourth-order valence-corrected chi connectivity index (χ4v) is 1.03. The molecule has 14 heavy (non-hydrogen) atoms. The Morgan fingerprint density at radius 1 is 1.29 bits per heavy atom. The summed E-state index contributed by atoms with van der Waals surface area (Å²) >= 11 is 0. The second-order valence-corrected chi connectivity index (χ2v) is 2.68. The second kappa shape index (κ2) is 8.97. The Morgan fingerprint density at radius 3 is 1.93 bits per heavy atom. The highest BCUT2D eigenvalue weighted by molar-refractivity contribution is 5.85. The lowest BCUT2D eigenvalue weighted by atomic mass is 9.81. The third-order valence-electron chi connectivity index (χ3n) is 1.89. The van der Waals surface area contributed by atoms with E-state index in [9.17, 15) is 9.18 Å². The van der Waals surface area contributed by atoms with E-state index in [4.69, 9.17) is 0 Å². The van der Waals surface area contributed by atoms with Gasteiger partial charge in [-0.15, -0.1) is 0 Å². The first-order chi connectivity index (χ1) is 6.69. The van der Waals surface area contributed by atoms with Crippen LogP contribution in [0.5, 0.6) is 0 Å². The molecular weight excluding hydrogens is 181 g/mol. The van der Waals surface area contributed by atoms with E-state index in [0.717, 1.165) is 6.42 Å². The van der Waals surface area contributed by atoms with Crippen LogP contribution in [0.15, 0.2) is 0 Å². The maximum Gasteiger partial charge on any atom is 0.257 e. The Labute approximate surface area is 87.3 Å². The van der Waals surface area contributed by atoms with Crippen LogP contribution in [-0.4, -0.2) is 18.1 Å². The fraction of sp³-hybridized carbons (Fsp3) is 0.909. The highest BCUT2D eigenvalue weighted by atomic mass is 19.1. The summed E-state index contributed by atoms with van der Waals surface area (Å²) in [5.41, 5.74) is -1.52. The molecule has 1 saturated carbocycles. The molecule has 0 aromatic rings. The van der Waals surface area contributed by atoms with E-state index in [0.29, 0.717) is 19.4 Å². The van der Waals surface area contributed by atoms with Gasteiger partial charge in [-0.2, -0.15) is 0 Å². The number of hydrogen-bond acceptors (Lipinski definition) is 1. The largest absolute Gasteiger partial charge is 0.354 e. The molecule has 0 aromatic heterocycles. The van der Waals surface area contributed by atoms with Crippen molar-refractivity contribution < 1.29 is 9.18 Å². The van der Waals surface area contributed by atoms with E-state index in [1.807, 2.05) is 27.7 Å². The Kier molecular flexibility index (Phi) is 10.2. The third-order valence-corrected chi connectivity index (χ3v) is 1.89. The molecule has 1 fully saturated rings. The zero-order valence-electron chi connectivity index (χ0n) is 10.1. The molecule has 1 rings (SSSR count). The van der Waals surface area contributed by atoms with Gasteiger partial charge in [0.1, 0.15) is 0 Å². The number of amides is 1. The van der Waals surface area contributed by atoms with Crippen molar-refractivity contribution in [3.63, 3.8) is 0 Å². The van der Waals surface area contributed by atoms with Crippen LogP contribution in [-0.2, 0) is 4.79 Å². The fourth-order valence-electron chi connectivity index (χ4n) is 1.03. The van der Waals surface area contributed by atoms with Crippen LogP contribution in [0.2, 0.25) is 0 Å². The lowest BCUT2D eigenvalue weighted by molar-refractivity contribution is -0.138. The van der Waals surface area contributed by atoms with Crippen molar-refractivity contribution in [1.82, 2.24) is 5.32 Å². The van der Waals surface area contributed by atoms with Gasteiger partial charge in [0.2, 0.25) is 0 Å². The first kappa shape index (κ1) is 15.9. The van der Waals surface area contributed by atoms with Crippen LogP contribution in [0.25, 0.3) is 0 Å². The molecule has 1 aliphatic carbocycles. The average Bonchev–Trinajstić information content (AvgIpc) is 2.21. The van der Waals surface area contributed by atoms with E-state index in [-0.39, 0.29) is 0 Å². The quantitative estimate of drug-likeness (QED) is 0.737. The predicted octanol–water partition coefficient (Wildman–Crippen LogP) is 3.07. The van der Waals surface area contributed by atoms with Crippen molar-refractivity contribution in [2.45, 2.75) is 59.5 Å². The number of carbonyl (C=O) groups excluding carboxylic acids is 1. The lowest BCUT2D eigenvalue weighted by Crippen LogP contribution is -2.48. The average molecular weight is 205 g/mol. The van der Waals surface area contributed by atoms with E-state index in [1.165, 1.54) is 0 Å². The minimum absolute atomic E-state index is 0.402. The molecule has 0 unspecified atom stereocenters. The molecule has 0 bridgehead atoms. The molecular formula is C11H24FNO. The van der Waals surface area contributed by atoms with Gasteiger partial charge in [-0.1, -0.05) is 27.7 Å². The molecule has 0 heterocycles. The summed E-state index contributed by atoms with van der Waals surface area (Å²) in [5.74, 6) is -0.429. The van der Waals surface area contributed by atoms with Crippen molar-refractivity contribution in [2.75, 3.05) is 6.54 Å². The number of halogens is 1. The first-order valence-electron chi connectivity index (χ1n) is 5.66. The van der Waals surface area contributed by atoms with Gasteiger partial charge in [-0.25, -0.2) is 4.39 Å².